The van der Waals surface area contributed by atoms with Gasteiger partial charge in [0, 0.05) is 12.3 Å². The molecular formula is C11H11F6NO. The van der Waals surface area contributed by atoms with Crippen molar-refractivity contribution in [3.63, 3.8) is 0 Å². The van der Waals surface area contributed by atoms with Crippen LogP contribution >= 0.6 is 0 Å². The van der Waals surface area contributed by atoms with Crippen LogP contribution in [0.15, 0.2) is 24.3 Å². The summed E-state index contributed by atoms with van der Waals surface area (Å²) in [6.07, 6.45) is -11.4. The van der Waals surface area contributed by atoms with Gasteiger partial charge in [0.15, 0.2) is 0 Å². The Balaban J connectivity index is 2.81. The zero-order chi connectivity index (χ0) is 14.7. The minimum absolute atomic E-state index is 0.108. The molecule has 0 aliphatic rings. The summed E-state index contributed by atoms with van der Waals surface area (Å²) < 4.78 is 78.7. The van der Waals surface area contributed by atoms with Crippen molar-refractivity contribution in [3.05, 3.63) is 29.8 Å². The summed E-state index contributed by atoms with van der Waals surface area (Å²) >= 11 is 0. The number of alkyl halides is 6. The van der Waals surface area contributed by atoms with Gasteiger partial charge in [-0.2, -0.15) is 26.3 Å². The van der Waals surface area contributed by atoms with Gasteiger partial charge in [0.25, 0.3) is 0 Å². The van der Waals surface area contributed by atoms with Crippen molar-refractivity contribution in [3.8, 4) is 0 Å². The Kier molecular flexibility index (Phi) is 4.67. The van der Waals surface area contributed by atoms with Crippen LogP contribution in [-0.4, -0.2) is 19.0 Å². The third-order valence-electron chi connectivity index (χ3n) is 2.14. The lowest BCUT2D eigenvalue weighted by Crippen LogP contribution is -2.38. The largest absolute Gasteiger partial charge is 0.433 e. The highest BCUT2D eigenvalue weighted by Crippen LogP contribution is 2.30. The van der Waals surface area contributed by atoms with Crippen LogP contribution in [0, 0.1) is 0 Å². The number of ether oxygens (including phenoxy) is 1. The topological polar surface area (TPSA) is 21.3 Å². The van der Waals surface area contributed by atoms with Crippen LogP contribution in [0.25, 0.3) is 0 Å². The molecule has 1 rings (SSSR count). The maximum atomic E-state index is 12.5. The Bertz CT molecular complexity index is 397. The number of anilines is 1. The summed E-state index contributed by atoms with van der Waals surface area (Å²) in [6.45, 7) is 1.20. The number of benzene rings is 1. The first-order valence-corrected chi connectivity index (χ1v) is 5.26. The Labute approximate surface area is 105 Å². The van der Waals surface area contributed by atoms with E-state index in [4.69, 9.17) is 0 Å². The second-order valence-corrected chi connectivity index (χ2v) is 3.60. The van der Waals surface area contributed by atoms with Crippen LogP contribution in [0.2, 0.25) is 0 Å². The maximum absolute atomic E-state index is 12.5. The standard InChI is InChI=1S/C11H11F6NO/c1-2-19-9(11(15,16)17)18-8-5-3-7(4-6-8)10(12,13)14/h3-6,9,18H,2H2,1H3. The van der Waals surface area contributed by atoms with Gasteiger partial charge in [0.05, 0.1) is 5.56 Å². The predicted octanol–water partition coefficient (Wildman–Crippen LogP) is 4.04. The van der Waals surface area contributed by atoms with E-state index in [9.17, 15) is 26.3 Å². The van der Waals surface area contributed by atoms with Crippen molar-refractivity contribution in [2.24, 2.45) is 0 Å². The minimum atomic E-state index is -4.65. The normalized spacial score (nSPS) is 14.3. The molecule has 0 spiro atoms. The SMILES string of the molecule is CCOC(Nc1ccc(C(F)(F)F)cc1)C(F)(F)F. The van der Waals surface area contributed by atoms with Gasteiger partial charge in [-0.1, -0.05) is 0 Å². The molecule has 1 unspecified atom stereocenters. The van der Waals surface area contributed by atoms with E-state index in [1.54, 1.807) is 0 Å². The van der Waals surface area contributed by atoms with Crippen LogP contribution < -0.4 is 5.32 Å². The smallest absolute Gasteiger partial charge is 0.353 e. The fourth-order valence-electron chi connectivity index (χ4n) is 1.29. The van der Waals surface area contributed by atoms with E-state index in [1.165, 1.54) is 6.92 Å². The average Bonchev–Trinajstić information content (AvgIpc) is 2.26. The quantitative estimate of drug-likeness (QED) is 0.666. The molecule has 0 radical (unpaired) electrons. The number of hydrogen-bond donors (Lipinski definition) is 1. The summed E-state index contributed by atoms with van der Waals surface area (Å²) in [5.74, 6) is 0. The molecule has 0 aromatic heterocycles. The molecule has 0 fully saturated rings. The first-order valence-electron chi connectivity index (χ1n) is 5.26. The van der Waals surface area contributed by atoms with Gasteiger partial charge in [-0.25, -0.2) is 0 Å². The van der Waals surface area contributed by atoms with Crippen molar-refractivity contribution in [1.82, 2.24) is 0 Å². The van der Waals surface area contributed by atoms with Crippen LogP contribution in [0.4, 0.5) is 32.0 Å². The minimum Gasteiger partial charge on any atom is -0.353 e. The van der Waals surface area contributed by atoms with Gasteiger partial charge in [-0.05, 0) is 31.2 Å². The zero-order valence-electron chi connectivity index (χ0n) is 9.77. The third kappa shape index (κ3) is 4.62. The lowest BCUT2D eigenvalue weighted by molar-refractivity contribution is -0.209. The molecule has 1 aromatic carbocycles. The lowest BCUT2D eigenvalue weighted by Gasteiger charge is -2.22. The molecule has 108 valence electrons. The van der Waals surface area contributed by atoms with Crippen LogP contribution in [0.3, 0.4) is 0 Å². The highest BCUT2D eigenvalue weighted by atomic mass is 19.4. The van der Waals surface area contributed by atoms with Crippen molar-refractivity contribution in [2.75, 3.05) is 11.9 Å². The number of halogens is 6. The molecular weight excluding hydrogens is 276 g/mol. The Morgan fingerprint density at radius 3 is 1.95 bits per heavy atom. The summed E-state index contributed by atoms with van der Waals surface area (Å²) in [7, 11) is 0. The fourth-order valence-corrected chi connectivity index (χ4v) is 1.29. The molecule has 2 nitrogen and oxygen atoms in total. The molecule has 1 N–H and O–H groups in total. The Morgan fingerprint density at radius 2 is 1.58 bits per heavy atom. The van der Waals surface area contributed by atoms with Crippen molar-refractivity contribution < 1.29 is 31.1 Å². The monoisotopic (exact) mass is 287 g/mol. The van der Waals surface area contributed by atoms with Crippen molar-refractivity contribution in [1.29, 1.82) is 0 Å². The van der Waals surface area contributed by atoms with E-state index in [0.717, 1.165) is 12.1 Å². The molecule has 0 bridgehead atoms. The van der Waals surface area contributed by atoms with Gasteiger partial charge in [0.2, 0.25) is 6.23 Å². The van der Waals surface area contributed by atoms with Gasteiger partial charge in [-0.15, -0.1) is 0 Å². The summed E-state index contributed by atoms with van der Waals surface area (Å²) in [5, 5.41) is 1.98. The number of rotatable bonds is 4. The van der Waals surface area contributed by atoms with E-state index in [-0.39, 0.29) is 12.3 Å². The molecule has 0 heterocycles. The first-order chi connectivity index (χ1) is 8.64. The van der Waals surface area contributed by atoms with E-state index in [1.807, 2.05) is 5.32 Å². The average molecular weight is 287 g/mol. The van der Waals surface area contributed by atoms with E-state index in [2.05, 4.69) is 4.74 Å². The van der Waals surface area contributed by atoms with Crippen LogP contribution in [0.1, 0.15) is 12.5 Å². The second kappa shape index (κ2) is 5.68. The predicted molar refractivity (Wildman–Crippen MR) is 56.5 cm³/mol. The van der Waals surface area contributed by atoms with Crippen molar-refractivity contribution >= 4 is 5.69 Å². The van der Waals surface area contributed by atoms with Gasteiger partial charge >= 0.3 is 12.4 Å². The van der Waals surface area contributed by atoms with E-state index in [0.29, 0.717) is 12.1 Å². The Hall–Kier alpha value is -1.44. The lowest BCUT2D eigenvalue weighted by atomic mass is 10.2. The molecule has 1 atom stereocenters. The maximum Gasteiger partial charge on any atom is 0.433 e. The molecule has 8 heteroatoms. The van der Waals surface area contributed by atoms with Crippen LogP contribution in [0.5, 0.6) is 0 Å². The highest BCUT2D eigenvalue weighted by Gasteiger charge is 2.40. The van der Waals surface area contributed by atoms with Crippen LogP contribution in [-0.2, 0) is 10.9 Å². The molecule has 0 saturated carbocycles. The third-order valence-corrected chi connectivity index (χ3v) is 2.14. The molecule has 0 saturated heterocycles. The molecule has 1 aromatic rings. The Morgan fingerprint density at radius 1 is 1.05 bits per heavy atom. The molecule has 19 heavy (non-hydrogen) atoms. The second-order valence-electron chi connectivity index (χ2n) is 3.60. The zero-order valence-corrected chi connectivity index (χ0v) is 9.77. The fraction of sp³-hybridized carbons (Fsp3) is 0.455. The van der Waals surface area contributed by atoms with Gasteiger partial charge in [0.1, 0.15) is 0 Å². The summed E-state index contributed by atoms with van der Waals surface area (Å²) in [6, 6.07) is 3.23. The van der Waals surface area contributed by atoms with Crippen molar-refractivity contribution in [2.45, 2.75) is 25.5 Å². The van der Waals surface area contributed by atoms with Gasteiger partial charge < -0.3 is 10.1 Å². The number of hydrogen-bond acceptors (Lipinski definition) is 2. The molecule has 0 aliphatic heterocycles. The molecule has 0 amide bonds. The highest BCUT2D eigenvalue weighted by molar-refractivity contribution is 5.45. The summed E-state index contributed by atoms with van der Waals surface area (Å²) in [5.41, 5.74) is -1.04. The summed E-state index contributed by atoms with van der Waals surface area (Å²) in [4.78, 5) is 0. The first kappa shape index (κ1) is 15.6. The number of nitrogens with one attached hydrogen (secondary N) is 1. The van der Waals surface area contributed by atoms with E-state index < -0.39 is 24.1 Å². The van der Waals surface area contributed by atoms with E-state index >= 15 is 0 Å². The molecule has 0 aliphatic carbocycles. The van der Waals surface area contributed by atoms with Gasteiger partial charge in [-0.3, -0.25) is 0 Å².